The van der Waals surface area contributed by atoms with Crippen molar-refractivity contribution in [2.75, 3.05) is 20.7 Å². The fourth-order valence-electron chi connectivity index (χ4n) is 2.96. The number of rotatable bonds is 15. The van der Waals surface area contributed by atoms with Gasteiger partial charge in [0.25, 0.3) is 0 Å². The maximum absolute atomic E-state index is 12.0. The van der Waals surface area contributed by atoms with Crippen LogP contribution in [0.3, 0.4) is 0 Å². The second kappa shape index (κ2) is 14.6. The maximum Gasteiger partial charge on any atom is 0.155 e. The van der Waals surface area contributed by atoms with Gasteiger partial charge in [0.1, 0.15) is 0 Å². The van der Waals surface area contributed by atoms with E-state index in [0.717, 1.165) is 30.5 Å². The monoisotopic (exact) mass is 360 g/mol. The molecule has 146 valence electrons. The van der Waals surface area contributed by atoms with Crippen molar-refractivity contribution in [1.82, 2.24) is 10.0 Å². The zero-order chi connectivity index (χ0) is 19.0. The third kappa shape index (κ3) is 11.2. The molecule has 1 aromatic heterocycles. The molecule has 4 nitrogen and oxygen atoms in total. The van der Waals surface area contributed by atoms with E-state index in [1.54, 1.807) is 25.6 Å². The fourth-order valence-corrected chi connectivity index (χ4v) is 2.96. The third-order valence-corrected chi connectivity index (χ3v) is 4.70. The van der Waals surface area contributed by atoms with E-state index in [4.69, 9.17) is 4.84 Å². The number of carbonyl (C=O) groups is 1. The number of hydrogen-bond donors (Lipinski definition) is 0. The molecule has 0 aliphatic heterocycles. The van der Waals surface area contributed by atoms with Crippen LogP contribution in [-0.2, 0) is 9.63 Å². The molecule has 1 heterocycles. The molecule has 0 unspecified atom stereocenters. The van der Waals surface area contributed by atoms with Gasteiger partial charge in [-0.2, -0.15) is 5.06 Å². The number of nitrogens with zero attached hydrogens (tertiary/aromatic N) is 2. The van der Waals surface area contributed by atoms with Crippen molar-refractivity contribution in [2.24, 2.45) is 0 Å². The van der Waals surface area contributed by atoms with Crippen LogP contribution in [0.4, 0.5) is 0 Å². The molecule has 26 heavy (non-hydrogen) atoms. The summed E-state index contributed by atoms with van der Waals surface area (Å²) >= 11 is 0. The largest absolute Gasteiger partial charge is 0.303 e. The van der Waals surface area contributed by atoms with Gasteiger partial charge in [-0.05, 0) is 43.0 Å². The Morgan fingerprint density at radius 2 is 1.69 bits per heavy atom. The molecule has 0 N–H and O–H groups in total. The highest BCUT2D eigenvalue weighted by molar-refractivity contribution is 5.96. The molecular weight excluding hydrogens is 324 g/mol. The van der Waals surface area contributed by atoms with E-state index in [9.17, 15) is 4.79 Å². The Balaban J connectivity index is 1.96. The smallest absolute Gasteiger partial charge is 0.155 e. The van der Waals surface area contributed by atoms with Crippen LogP contribution in [0.15, 0.2) is 30.6 Å². The van der Waals surface area contributed by atoms with Crippen molar-refractivity contribution >= 4 is 11.4 Å². The zero-order valence-electron chi connectivity index (χ0n) is 16.9. The molecule has 0 fully saturated rings. The Morgan fingerprint density at radius 3 is 2.27 bits per heavy atom. The normalized spacial score (nSPS) is 11.9. The fraction of sp³-hybridized carbons (Fsp3) is 0.636. The summed E-state index contributed by atoms with van der Waals surface area (Å²) in [6, 6.07) is 3.89. The molecular formula is C22H36N2O2. The van der Waals surface area contributed by atoms with Crippen molar-refractivity contribution in [3.8, 4) is 0 Å². The lowest BCUT2D eigenvalue weighted by atomic mass is 10.0. The average Bonchev–Trinajstić information content (AvgIpc) is 2.66. The molecule has 1 rings (SSSR count). The molecule has 4 heteroatoms. The summed E-state index contributed by atoms with van der Waals surface area (Å²) in [7, 11) is 3.69. The van der Waals surface area contributed by atoms with E-state index in [-0.39, 0.29) is 5.78 Å². The van der Waals surface area contributed by atoms with Gasteiger partial charge in [-0.25, -0.2) is 0 Å². The van der Waals surface area contributed by atoms with Crippen LogP contribution in [0.2, 0.25) is 0 Å². The number of hydroxylamine groups is 2. The lowest BCUT2D eigenvalue weighted by Crippen LogP contribution is -2.17. The lowest BCUT2D eigenvalue weighted by molar-refractivity contribution is -0.114. The van der Waals surface area contributed by atoms with Crippen molar-refractivity contribution in [3.63, 3.8) is 0 Å². The molecule has 0 aromatic carbocycles. The molecule has 0 spiro atoms. The standard InChI is InChI=1S/C22H36N2O2/c1-20(21-14-13-16-23-19-21)18-22(25)15-11-9-7-5-4-6-8-10-12-17-24(2)26-3/h13-14,16,18-19H,4-12,15,17H2,1-3H3/b20-18+. The van der Waals surface area contributed by atoms with Crippen molar-refractivity contribution in [1.29, 1.82) is 0 Å². The Labute approximate surface area is 159 Å². The summed E-state index contributed by atoms with van der Waals surface area (Å²) in [5.41, 5.74) is 2.02. The Bertz CT molecular complexity index is 514. The highest BCUT2D eigenvalue weighted by Crippen LogP contribution is 2.14. The number of allylic oxidation sites excluding steroid dienone is 2. The van der Waals surface area contributed by atoms with Crippen LogP contribution >= 0.6 is 0 Å². The van der Waals surface area contributed by atoms with E-state index >= 15 is 0 Å². The first kappa shape index (κ1) is 22.5. The molecule has 1 aromatic rings. The van der Waals surface area contributed by atoms with Crippen LogP contribution in [0.25, 0.3) is 5.57 Å². The predicted molar refractivity (Wildman–Crippen MR) is 109 cm³/mol. The topological polar surface area (TPSA) is 42.4 Å². The molecule has 0 amide bonds. The molecule has 0 saturated carbocycles. The molecule has 0 saturated heterocycles. The van der Waals surface area contributed by atoms with Crippen molar-refractivity contribution in [2.45, 2.75) is 71.1 Å². The van der Waals surface area contributed by atoms with Crippen LogP contribution < -0.4 is 0 Å². The Kier molecular flexibility index (Phi) is 12.7. The molecule has 0 aliphatic rings. The van der Waals surface area contributed by atoms with Gasteiger partial charge in [0.15, 0.2) is 5.78 Å². The van der Waals surface area contributed by atoms with Gasteiger partial charge >= 0.3 is 0 Å². The van der Waals surface area contributed by atoms with E-state index < -0.39 is 0 Å². The highest BCUT2D eigenvalue weighted by Gasteiger charge is 2.01. The number of carbonyl (C=O) groups excluding carboxylic acids is 1. The second-order valence-corrected chi connectivity index (χ2v) is 7.00. The molecule has 0 radical (unpaired) electrons. The van der Waals surface area contributed by atoms with Crippen LogP contribution in [0, 0.1) is 0 Å². The van der Waals surface area contributed by atoms with Gasteiger partial charge in [-0.3, -0.25) is 9.78 Å². The van der Waals surface area contributed by atoms with Gasteiger partial charge in [-0.1, -0.05) is 51.0 Å². The van der Waals surface area contributed by atoms with E-state index in [2.05, 4.69) is 4.98 Å². The number of ketones is 1. The summed E-state index contributed by atoms with van der Waals surface area (Å²) in [5, 5.41) is 1.88. The van der Waals surface area contributed by atoms with Gasteiger partial charge in [0.05, 0.1) is 7.11 Å². The van der Waals surface area contributed by atoms with E-state index in [1.165, 1.54) is 44.9 Å². The molecule has 0 aliphatic carbocycles. The first-order valence-electron chi connectivity index (χ1n) is 10.00. The number of unbranched alkanes of at least 4 members (excludes halogenated alkanes) is 8. The van der Waals surface area contributed by atoms with Crippen LogP contribution in [0.5, 0.6) is 0 Å². The first-order chi connectivity index (χ1) is 12.6. The quantitative estimate of drug-likeness (QED) is 0.237. The summed E-state index contributed by atoms with van der Waals surface area (Å²) in [5.74, 6) is 0.229. The Hall–Kier alpha value is -1.52. The van der Waals surface area contributed by atoms with Gasteiger partial charge in [0.2, 0.25) is 0 Å². The van der Waals surface area contributed by atoms with Gasteiger partial charge in [0, 0.05) is 32.4 Å². The maximum atomic E-state index is 12.0. The SMILES string of the molecule is CON(C)CCCCCCCCCCCC(=O)/C=C(\C)c1cccnc1. The summed E-state index contributed by atoms with van der Waals surface area (Å²) in [6.45, 7) is 2.99. The van der Waals surface area contributed by atoms with Crippen molar-refractivity contribution in [3.05, 3.63) is 36.2 Å². The lowest BCUT2D eigenvalue weighted by Gasteiger charge is -2.12. The minimum absolute atomic E-state index is 0.229. The van der Waals surface area contributed by atoms with Crippen LogP contribution in [-0.4, -0.2) is 36.5 Å². The van der Waals surface area contributed by atoms with E-state index in [1.807, 2.05) is 31.2 Å². The number of pyridine rings is 1. The summed E-state index contributed by atoms with van der Waals surface area (Å²) in [4.78, 5) is 21.2. The number of hydrogen-bond acceptors (Lipinski definition) is 4. The predicted octanol–water partition coefficient (Wildman–Crippen LogP) is 5.45. The zero-order valence-corrected chi connectivity index (χ0v) is 16.9. The Morgan fingerprint density at radius 1 is 1.08 bits per heavy atom. The highest BCUT2D eigenvalue weighted by atomic mass is 16.7. The average molecular weight is 361 g/mol. The minimum atomic E-state index is 0.229. The van der Waals surface area contributed by atoms with Crippen LogP contribution in [0.1, 0.15) is 76.7 Å². The third-order valence-electron chi connectivity index (χ3n) is 4.70. The number of aromatic nitrogens is 1. The second-order valence-electron chi connectivity index (χ2n) is 7.00. The summed E-state index contributed by atoms with van der Waals surface area (Å²) in [6.07, 6.45) is 17.1. The minimum Gasteiger partial charge on any atom is -0.303 e. The molecule has 0 atom stereocenters. The molecule has 0 bridgehead atoms. The summed E-state index contributed by atoms with van der Waals surface area (Å²) < 4.78 is 0. The van der Waals surface area contributed by atoms with Crippen molar-refractivity contribution < 1.29 is 9.63 Å². The van der Waals surface area contributed by atoms with E-state index in [0.29, 0.717) is 6.42 Å². The van der Waals surface area contributed by atoms with Gasteiger partial charge < -0.3 is 4.84 Å². The first-order valence-corrected chi connectivity index (χ1v) is 10.00. The van der Waals surface area contributed by atoms with Gasteiger partial charge in [-0.15, -0.1) is 0 Å².